The average molecular weight is 783 g/mol. The molecule has 2 aliphatic rings. The lowest BCUT2D eigenvalue weighted by molar-refractivity contribution is -0.138. The fourth-order valence-electron chi connectivity index (χ4n) is 6.47. The van der Waals surface area contributed by atoms with Crippen LogP contribution in [0.3, 0.4) is 0 Å². The molecule has 2 aromatic carbocycles. The molecule has 17 heteroatoms. The van der Waals surface area contributed by atoms with Gasteiger partial charge in [-0.3, -0.25) is 24.4 Å². The predicted octanol–water partition coefficient (Wildman–Crippen LogP) is 1.78. The molecular formula is C41H38N10O7. The zero-order chi connectivity index (χ0) is 40.5. The van der Waals surface area contributed by atoms with E-state index in [2.05, 4.69) is 43.8 Å². The molecular weight excluding hydrogens is 745 g/mol. The first-order chi connectivity index (χ1) is 27.3. The van der Waals surface area contributed by atoms with Gasteiger partial charge in [0.15, 0.2) is 11.4 Å². The molecule has 8 rings (SSSR count). The number of pyridine rings is 2. The highest BCUT2D eigenvalue weighted by Crippen LogP contribution is 2.25. The Labute approximate surface area is 331 Å². The number of aliphatic hydroxyl groups is 2. The molecule has 2 saturated heterocycles. The van der Waals surface area contributed by atoms with Crippen LogP contribution in [-0.4, -0.2) is 119 Å². The third kappa shape index (κ3) is 7.56. The molecule has 6 aromatic rings. The summed E-state index contributed by atoms with van der Waals surface area (Å²) in [5.74, 6) is 9.18. The smallest absolute Gasteiger partial charge is 0.359 e. The summed E-state index contributed by atoms with van der Waals surface area (Å²) in [5.41, 5.74) is 6.25. The fraction of sp³-hybridized carbons (Fsp3) is 0.220. The molecule has 0 unspecified atom stereocenters. The van der Waals surface area contributed by atoms with Crippen molar-refractivity contribution in [2.24, 2.45) is 5.73 Å². The molecule has 0 saturated carbocycles. The third-order valence-electron chi connectivity index (χ3n) is 9.61. The number of esters is 1. The van der Waals surface area contributed by atoms with Crippen LogP contribution < -0.4 is 11.9 Å². The van der Waals surface area contributed by atoms with E-state index >= 15 is 0 Å². The van der Waals surface area contributed by atoms with Gasteiger partial charge in [-0.25, -0.2) is 14.2 Å². The maximum atomic E-state index is 12.1. The second kappa shape index (κ2) is 16.0. The molecule has 0 spiro atoms. The van der Waals surface area contributed by atoms with Crippen molar-refractivity contribution in [1.29, 1.82) is 0 Å². The van der Waals surface area contributed by atoms with Crippen LogP contribution in [0.15, 0.2) is 85.5 Å². The molecule has 7 N–H and O–H groups in total. The van der Waals surface area contributed by atoms with Gasteiger partial charge in [0, 0.05) is 74.3 Å². The standard InChI is InChI=1S/C21H18N4O4.C20H17N5O3.H3N/c1-24-11-9-21(28,20(24)27)8-6-14-4-3-5-15(12-14)25-17-13-22-10-7-16(17)18(23-25)19(26)29-2;1-24-10-8-20(28,19(24)27)7-5-13-3-2-4-14(11-13)25-16-12-22-9-6-15(16)17(23-25)18(21)26;/h3-5,7,10,12-13,28H,9,11H2,1-2H3;2-4,6,9,11-12,28H,8,10H2,1H3,(H2,21,26);1H3/t21-;20-;/m00./s1. The van der Waals surface area contributed by atoms with Crippen molar-refractivity contribution in [2.45, 2.75) is 24.0 Å². The van der Waals surface area contributed by atoms with Gasteiger partial charge in [-0.2, -0.15) is 10.2 Å². The van der Waals surface area contributed by atoms with Crippen LogP contribution in [0.5, 0.6) is 0 Å². The molecule has 17 nitrogen and oxygen atoms in total. The average Bonchev–Trinajstić information content (AvgIpc) is 3.96. The Bertz CT molecular complexity index is 2740. The number of methoxy groups -OCH3 is 1. The van der Waals surface area contributed by atoms with Crippen molar-refractivity contribution in [2.75, 3.05) is 34.3 Å². The molecule has 0 radical (unpaired) electrons. The van der Waals surface area contributed by atoms with Crippen LogP contribution in [0.1, 0.15) is 44.9 Å². The summed E-state index contributed by atoms with van der Waals surface area (Å²) in [5, 5.41) is 30.8. The molecule has 2 atom stereocenters. The second-order valence-electron chi connectivity index (χ2n) is 13.4. The third-order valence-corrected chi connectivity index (χ3v) is 9.61. The number of rotatable bonds is 4. The Morgan fingerprint density at radius 3 is 1.60 bits per heavy atom. The van der Waals surface area contributed by atoms with E-state index in [9.17, 15) is 29.4 Å². The molecule has 58 heavy (non-hydrogen) atoms. The summed E-state index contributed by atoms with van der Waals surface area (Å²) in [4.78, 5) is 59.1. The van der Waals surface area contributed by atoms with Crippen LogP contribution in [0, 0.1) is 23.7 Å². The number of likely N-dealkylation sites (tertiary alicyclic amines) is 2. The predicted molar refractivity (Wildman–Crippen MR) is 211 cm³/mol. The quantitative estimate of drug-likeness (QED) is 0.148. The van der Waals surface area contributed by atoms with Gasteiger partial charge < -0.3 is 36.6 Å². The Hall–Kier alpha value is -7.44. The lowest BCUT2D eigenvalue weighted by Crippen LogP contribution is -2.37. The number of ether oxygens (including phenoxy) is 1. The van der Waals surface area contributed by atoms with Crippen molar-refractivity contribution in [3.8, 4) is 35.1 Å². The zero-order valence-corrected chi connectivity index (χ0v) is 31.7. The topological polar surface area (TPSA) is 247 Å². The summed E-state index contributed by atoms with van der Waals surface area (Å²) in [6.45, 7) is 0.929. The Kier molecular flexibility index (Phi) is 11.1. The Morgan fingerprint density at radius 1 is 0.741 bits per heavy atom. The number of nitrogens with two attached hydrogens (primary N) is 1. The van der Waals surface area contributed by atoms with Gasteiger partial charge in [-0.1, -0.05) is 35.8 Å². The van der Waals surface area contributed by atoms with E-state index in [0.29, 0.717) is 57.4 Å². The highest BCUT2D eigenvalue weighted by atomic mass is 16.5. The van der Waals surface area contributed by atoms with E-state index in [1.807, 2.05) is 6.07 Å². The van der Waals surface area contributed by atoms with Crippen molar-refractivity contribution in [3.63, 3.8) is 0 Å². The van der Waals surface area contributed by atoms with Crippen LogP contribution in [0.2, 0.25) is 0 Å². The lowest BCUT2D eigenvalue weighted by atomic mass is 10.0. The number of likely N-dealkylation sites (N-methyl/N-ethyl adjacent to an activating group) is 2. The normalized spacial score (nSPS) is 18.4. The monoisotopic (exact) mass is 782 g/mol. The summed E-state index contributed by atoms with van der Waals surface area (Å²) in [7, 11) is 4.57. The number of nitrogens with zero attached hydrogens (tertiary/aromatic N) is 8. The van der Waals surface area contributed by atoms with Crippen molar-refractivity contribution >= 4 is 45.5 Å². The molecule has 6 heterocycles. The first-order valence-corrected chi connectivity index (χ1v) is 17.6. The summed E-state index contributed by atoms with van der Waals surface area (Å²) in [6.07, 6.45) is 6.91. The number of amides is 3. The first kappa shape index (κ1) is 40.2. The fourth-order valence-corrected chi connectivity index (χ4v) is 6.47. The van der Waals surface area contributed by atoms with Crippen molar-refractivity contribution < 1.29 is 34.1 Å². The van der Waals surface area contributed by atoms with E-state index in [1.54, 1.807) is 103 Å². The second-order valence-corrected chi connectivity index (χ2v) is 13.4. The van der Waals surface area contributed by atoms with Gasteiger partial charge in [-0.15, -0.1) is 0 Å². The van der Waals surface area contributed by atoms with Gasteiger partial charge in [0.1, 0.15) is 0 Å². The van der Waals surface area contributed by atoms with Gasteiger partial charge in [-0.05, 0) is 48.5 Å². The zero-order valence-electron chi connectivity index (χ0n) is 31.7. The number of carbonyl (C=O) groups excluding carboxylic acids is 4. The van der Waals surface area contributed by atoms with E-state index in [0.717, 1.165) is 0 Å². The minimum Gasteiger partial charge on any atom is -0.464 e. The van der Waals surface area contributed by atoms with E-state index in [1.165, 1.54) is 16.9 Å². The molecule has 294 valence electrons. The van der Waals surface area contributed by atoms with Crippen molar-refractivity contribution in [1.82, 2.24) is 45.5 Å². The maximum Gasteiger partial charge on any atom is 0.359 e. The SMILES string of the molecule is CN1CC[C@@](O)(C#Cc2cccc(-n3nc(C(N)=O)c4ccncc43)c2)C1=O.COC(=O)c1nn(-c2cccc(C#C[C@]3(O)CCN(C)C3=O)c2)c2cnccc12.N. The number of primary amides is 1. The first-order valence-electron chi connectivity index (χ1n) is 17.6. The Balaban J connectivity index is 0.000000192. The van der Waals surface area contributed by atoms with Gasteiger partial charge in [0.2, 0.25) is 11.2 Å². The van der Waals surface area contributed by atoms with E-state index in [4.69, 9.17) is 10.5 Å². The minimum atomic E-state index is -1.66. The highest BCUT2D eigenvalue weighted by Gasteiger charge is 2.43. The van der Waals surface area contributed by atoms with Crippen LogP contribution in [-0.2, 0) is 14.3 Å². The minimum absolute atomic E-state index is 0. The molecule has 0 bridgehead atoms. The maximum absolute atomic E-state index is 12.1. The summed E-state index contributed by atoms with van der Waals surface area (Å²) >= 11 is 0. The van der Waals surface area contributed by atoms with Crippen molar-refractivity contribution in [3.05, 3.63) is 108 Å². The van der Waals surface area contributed by atoms with E-state index in [-0.39, 0.29) is 30.4 Å². The number of carbonyl (C=O) groups is 4. The number of hydrogen-bond donors (Lipinski definition) is 4. The highest BCUT2D eigenvalue weighted by molar-refractivity contribution is 6.04. The molecule has 3 amide bonds. The molecule has 4 aromatic heterocycles. The summed E-state index contributed by atoms with van der Waals surface area (Å²) in [6, 6.07) is 17.6. The summed E-state index contributed by atoms with van der Waals surface area (Å²) < 4.78 is 7.97. The van der Waals surface area contributed by atoms with Crippen LogP contribution in [0.25, 0.3) is 33.2 Å². The van der Waals surface area contributed by atoms with Gasteiger partial charge in [0.25, 0.3) is 17.7 Å². The largest absolute Gasteiger partial charge is 0.464 e. The molecule has 2 aliphatic heterocycles. The van der Waals surface area contributed by atoms with Gasteiger partial charge in [0.05, 0.1) is 41.9 Å². The number of hydrogen-bond acceptors (Lipinski definition) is 12. The van der Waals surface area contributed by atoms with E-state index < -0.39 is 34.9 Å². The molecule has 0 aliphatic carbocycles. The number of aromatic nitrogens is 6. The number of fused-ring (bicyclic) bond motifs is 2. The molecule has 2 fully saturated rings. The lowest BCUT2D eigenvalue weighted by Gasteiger charge is -2.13. The number of benzene rings is 2. The van der Waals surface area contributed by atoms with Crippen LogP contribution >= 0.6 is 0 Å². The Morgan fingerprint density at radius 2 is 1.19 bits per heavy atom. The van der Waals surface area contributed by atoms with Gasteiger partial charge >= 0.3 is 5.97 Å². The van der Waals surface area contributed by atoms with Crippen LogP contribution in [0.4, 0.5) is 0 Å².